The monoisotopic (exact) mass is 292 g/mol. The number of esters is 1. The van der Waals surface area contributed by atoms with Crippen LogP contribution in [0.15, 0.2) is 22.9 Å². The first-order valence-corrected chi connectivity index (χ1v) is 6.87. The summed E-state index contributed by atoms with van der Waals surface area (Å²) >= 11 is 2.42. The van der Waals surface area contributed by atoms with E-state index in [1.54, 1.807) is 16.8 Å². The van der Waals surface area contributed by atoms with Gasteiger partial charge in [0.15, 0.2) is 0 Å². The molecule has 0 spiro atoms. The molecule has 0 saturated heterocycles. The third kappa shape index (κ3) is 2.81. The maximum Gasteiger partial charge on any atom is 0.338 e. The van der Waals surface area contributed by atoms with E-state index in [9.17, 15) is 9.59 Å². The lowest BCUT2D eigenvalue weighted by Gasteiger charge is -1.99. The summed E-state index contributed by atoms with van der Waals surface area (Å²) in [5, 5.41) is 15.3. The highest BCUT2D eigenvalue weighted by Gasteiger charge is 2.15. The Morgan fingerprint density at radius 3 is 2.89 bits per heavy atom. The van der Waals surface area contributed by atoms with Gasteiger partial charge in [-0.25, -0.2) is 4.79 Å². The summed E-state index contributed by atoms with van der Waals surface area (Å²) in [6.45, 7) is 0. The fourth-order valence-corrected chi connectivity index (χ4v) is 2.87. The Balaban J connectivity index is 2.14. The lowest BCUT2D eigenvalue weighted by Crippen LogP contribution is -2.10. The standard InChI is InChI=1S/C12H8N2O3S2/c1-17-12(16)8-4-9(19-6-8)14-11(15)10-7(5-13)2-3-18-10/h2-4,6H,1H3,(H,14,15). The lowest BCUT2D eigenvalue weighted by molar-refractivity contribution is 0.0601. The molecule has 2 heterocycles. The average Bonchev–Trinajstić information content (AvgIpc) is 3.05. The van der Waals surface area contributed by atoms with Crippen molar-refractivity contribution in [3.63, 3.8) is 0 Å². The summed E-state index contributed by atoms with van der Waals surface area (Å²) in [4.78, 5) is 23.6. The van der Waals surface area contributed by atoms with Gasteiger partial charge in [-0.1, -0.05) is 0 Å². The van der Waals surface area contributed by atoms with Crippen LogP contribution in [0.1, 0.15) is 25.6 Å². The van der Waals surface area contributed by atoms with E-state index in [4.69, 9.17) is 5.26 Å². The van der Waals surface area contributed by atoms with E-state index in [0.29, 0.717) is 21.0 Å². The molecule has 1 amide bonds. The third-order valence-electron chi connectivity index (χ3n) is 2.25. The second-order valence-electron chi connectivity index (χ2n) is 3.42. The first-order chi connectivity index (χ1) is 9.15. The van der Waals surface area contributed by atoms with Crippen molar-refractivity contribution in [2.75, 3.05) is 12.4 Å². The molecular formula is C12H8N2O3S2. The summed E-state index contributed by atoms with van der Waals surface area (Å²) < 4.78 is 4.58. The highest BCUT2D eigenvalue weighted by molar-refractivity contribution is 7.15. The molecule has 2 rings (SSSR count). The van der Waals surface area contributed by atoms with Crippen LogP contribution >= 0.6 is 22.7 Å². The molecule has 0 fully saturated rings. The minimum absolute atomic E-state index is 0.340. The van der Waals surface area contributed by atoms with Gasteiger partial charge in [0.1, 0.15) is 10.9 Å². The Bertz CT molecular complexity index is 667. The first kappa shape index (κ1) is 13.3. The van der Waals surface area contributed by atoms with Gasteiger partial charge in [-0.15, -0.1) is 22.7 Å². The van der Waals surface area contributed by atoms with Crippen molar-refractivity contribution in [1.29, 1.82) is 5.26 Å². The molecule has 5 nitrogen and oxygen atoms in total. The molecule has 2 aromatic heterocycles. The Morgan fingerprint density at radius 1 is 1.42 bits per heavy atom. The molecule has 96 valence electrons. The zero-order valence-corrected chi connectivity index (χ0v) is 11.4. The highest BCUT2D eigenvalue weighted by Crippen LogP contribution is 2.23. The summed E-state index contributed by atoms with van der Waals surface area (Å²) in [6.07, 6.45) is 0. The van der Waals surface area contributed by atoms with Gasteiger partial charge < -0.3 is 10.1 Å². The predicted molar refractivity (Wildman–Crippen MR) is 72.6 cm³/mol. The van der Waals surface area contributed by atoms with E-state index in [2.05, 4.69) is 10.1 Å². The topological polar surface area (TPSA) is 79.2 Å². The number of methoxy groups -OCH3 is 1. The molecule has 19 heavy (non-hydrogen) atoms. The maximum atomic E-state index is 11.9. The number of ether oxygens (including phenoxy) is 1. The zero-order chi connectivity index (χ0) is 13.8. The Hall–Kier alpha value is -2.17. The largest absolute Gasteiger partial charge is 0.465 e. The lowest BCUT2D eigenvalue weighted by atomic mass is 10.3. The van der Waals surface area contributed by atoms with Crippen molar-refractivity contribution in [3.05, 3.63) is 38.9 Å². The third-order valence-corrected chi connectivity index (χ3v) is 4.01. The first-order valence-electron chi connectivity index (χ1n) is 5.11. The summed E-state index contributed by atoms with van der Waals surface area (Å²) in [7, 11) is 1.29. The van der Waals surface area contributed by atoms with E-state index in [1.165, 1.54) is 35.8 Å². The van der Waals surface area contributed by atoms with E-state index < -0.39 is 5.97 Å². The number of rotatable bonds is 3. The van der Waals surface area contributed by atoms with Crippen molar-refractivity contribution < 1.29 is 14.3 Å². The van der Waals surface area contributed by atoms with E-state index in [0.717, 1.165) is 0 Å². The van der Waals surface area contributed by atoms with Gasteiger partial charge in [-0.05, 0) is 17.5 Å². The second-order valence-corrected chi connectivity index (χ2v) is 5.25. The number of carbonyl (C=O) groups is 2. The van der Waals surface area contributed by atoms with Gasteiger partial charge in [0.05, 0.1) is 23.2 Å². The van der Waals surface area contributed by atoms with Crippen LogP contribution < -0.4 is 5.32 Å². The highest BCUT2D eigenvalue weighted by atomic mass is 32.1. The van der Waals surface area contributed by atoms with E-state index in [1.807, 2.05) is 6.07 Å². The van der Waals surface area contributed by atoms with Crippen LogP contribution in [0.25, 0.3) is 0 Å². The summed E-state index contributed by atoms with van der Waals surface area (Å²) in [5.74, 6) is -0.810. The van der Waals surface area contributed by atoms with E-state index in [-0.39, 0.29) is 5.91 Å². The average molecular weight is 292 g/mol. The quantitative estimate of drug-likeness (QED) is 0.882. The van der Waals surface area contributed by atoms with E-state index >= 15 is 0 Å². The van der Waals surface area contributed by atoms with Crippen LogP contribution in [0.4, 0.5) is 5.00 Å². The Kier molecular flexibility index (Phi) is 3.94. The Labute approximate surface area is 117 Å². The number of nitrogens with zero attached hydrogens (tertiary/aromatic N) is 1. The smallest absolute Gasteiger partial charge is 0.338 e. The van der Waals surface area contributed by atoms with Crippen LogP contribution in [0.2, 0.25) is 0 Å². The number of nitrogens with one attached hydrogen (secondary N) is 1. The van der Waals surface area contributed by atoms with Gasteiger partial charge in [0.2, 0.25) is 0 Å². The number of carbonyl (C=O) groups excluding carboxylic acids is 2. The fraction of sp³-hybridized carbons (Fsp3) is 0.0833. The van der Waals surface area contributed by atoms with Gasteiger partial charge in [-0.3, -0.25) is 4.79 Å². The molecular weight excluding hydrogens is 284 g/mol. The van der Waals surface area contributed by atoms with Gasteiger partial charge in [0, 0.05) is 5.38 Å². The zero-order valence-electron chi connectivity index (χ0n) is 9.80. The molecule has 0 atom stereocenters. The molecule has 0 unspecified atom stereocenters. The molecule has 0 aliphatic carbocycles. The molecule has 2 aromatic rings. The molecule has 0 aliphatic heterocycles. The second kappa shape index (κ2) is 5.65. The molecule has 0 aromatic carbocycles. The van der Waals surface area contributed by atoms with Crippen LogP contribution in [0.5, 0.6) is 0 Å². The molecule has 0 aliphatic rings. The molecule has 7 heteroatoms. The van der Waals surface area contributed by atoms with Crippen molar-refractivity contribution in [1.82, 2.24) is 0 Å². The number of hydrogen-bond acceptors (Lipinski definition) is 6. The van der Waals surface area contributed by atoms with Crippen LogP contribution in [0.3, 0.4) is 0 Å². The van der Waals surface area contributed by atoms with Crippen molar-refractivity contribution >= 4 is 39.6 Å². The number of hydrogen-bond donors (Lipinski definition) is 1. The number of thiophene rings is 2. The van der Waals surface area contributed by atoms with Crippen LogP contribution in [-0.2, 0) is 4.74 Å². The number of amides is 1. The van der Waals surface area contributed by atoms with Crippen LogP contribution in [0, 0.1) is 11.3 Å². The molecule has 1 N–H and O–H groups in total. The minimum Gasteiger partial charge on any atom is -0.465 e. The number of nitriles is 1. The molecule has 0 radical (unpaired) electrons. The Morgan fingerprint density at radius 2 is 2.21 bits per heavy atom. The summed E-state index contributed by atoms with van der Waals surface area (Å²) in [5.41, 5.74) is 0.724. The van der Waals surface area contributed by atoms with Crippen molar-refractivity contribution in [3.8, 4) is 6.07 Å². The van der Waals surface area contributed by atoms with Gasteiger partial charge in [0.25, 0.3) is 5.91 Å². The minimum atomic E-state index is -0.453. The number of anilines is 1. The van der Waals surface area contributed by atoms with Gasteiger partial charge in [-0.2, -0.15) is 5.26 Å². The van der Waals surface area contributed by atoms with Crippen molar-refractivity contribution in [2.24, 2.45) is 0 Å². The van der Waals surface area contributed by atoms with Gasteiger partial charge >= 0.3 is 5.97 Å². The SMILES string of the molecule is COC(=O)c1csc(NC(=O)c2sccc2C#N)c1. The normalized spacial score (nSPS) is 9.68. The summed E-state index contributed by atoms with van der Waals surface area (Å²) in [6, 6.07) is 5.08. The maximum absolute atomic E-state index is 11.9. The molecule has 0 saturated carbocycles. The van der Waals surface area contributed by atoms with Crippen LogP contribution in [-0.4, -0.2) is 19.0 Å². The predicted octanol–water partition coefficient (Wildman–Crippen LogP) is 2.72. The fourth-order valence-electron chi connectivity index (χ4n) is 1.37. The van der Waals surface area contributed by atoms with Crippen molar-refractivity contribution in [2.45, 2.75) is 0 Å². The molecule has 0 bridgehead atoms.